The molecule has 0 saturated heterocycles. The average molecular weight is 348 g/mol. The summed E-state index contributed by atoms with van der Waals surface area (Å²) in [6, 6.07) is 5.85. The van der Waals surface area contributed by atoms with E-state index < -0.39 is 0 Å². The summed E-state index contributed by atoms with van der Waals surface area (Å²) >= 11 is 3.29. The number of hydrogen-bond donors (Lipinski definition) is 1. The predicted octanol–water partition coefficient (Wildman–Crippen LogP) is 2.48. The Bertz CT molecular complexity index is 896. The Labute approximate surface area is 129 Å². The number of aromatic nitrogens is 4. The predicted molar refractivity (Wildman–Crippen MR) is 85.9 cm³/mol. The molecule has 0 aliphatic rings. The molecular weight excluding hydrogens is 334 g/mol. The SMILES string of the molecule is Cc1nn(C)c2ccc(Nc3nc(Br)cn(C)c3=O)cc12. The molecule has 0 aliphatic carbocycles. The van der Waals surface area contributed by atoms with Crippen molar-refractivity contribution in [2.75, 3.05) is 5.32 Å². The molecule has 0 unspecified atom stereocenters. The van der Waals surface area contributed by atoms with Gasteiger partial charge in [0.25, 0.3) is 5.56 Å². The molecule has 0 saturated carbocycles. The van der Waals surface area contributed by atoms with E-state index in [0.717, 1.165) is 22.3 Å². The van der Waals surface area contributed by atoms with Gasteiger partial charge in [-0.2, -0.15) is 5.10 Å². The Hall–Kier alpha value is -2.15. The Kier molecular flexibility index (Phi) is 3.29. The summed E-state index contributed by atoms with van der Waals surface area (Å²) in [4.78, 5) is 16.2. The van der Waals surface area contributed by atoms with Gasteiger partial charge in [-0.25, -0.2) is 4.98 Å². The first-order valence-corrected chi connectivity index (χ1v) is 7.18. The van der Waals surface area contributed by atoms with Gasteiger partial charge in [0.15, 0.2) is 5.82 Å². The molecule has 0 bridgehead atoms. The molecule has 0 fully saturated rings. The Balaban J connectivity index is 2.06. The molecule has 6 nitrogen and oxygen atoms in total. The normalized spacial score (nSPS) is 11.0. The van der Waals surface area contributed by atoms with Gasteiger partial charge < -0.3 is 9.88 Å². The fourth-order valence-corrected chi connectivity index (χ4v) is 2.79. The molecule has 0 radical (unpaired) electrons. The summed E-state index contributed by atoms with van der Waals surface area (Å²) in [5.74, 6) is 0.285. The van der Waals surface area contributed by atoms with Crippen molar-refractivity contribution in [1.82, 2.24) is 19.3 Å². The van der Waals surface area contributed by atoms with Crippen molar-refractivity contribution in [1.29, 1.82) is 0 Å². The van der Waals surface area contributed by atoms with Crippen LogP contribution in [0.1, 0.15) is 5.69 Å². The van der Waals surface area contributed by atoms with Crippen LogP contribution < -0.4 is 10.9 Å². The standard InChI is InChI=1S/C14H14BrN5O/c1-8-10-6-9(4-5-11(10)20(3)18-8)16-13-14(21)19(2)7-12(15)17-13/h4-7H,1-3H3,(H,16,17). The van der Waals surface area contributed by atoms with E-state index in [0.29, 0.717) is 4.60 Å². The molecule has 1 aromatic carbocycles. The minimum absolute atomic E-state index is 0.179. The van der Waals surface area contributed by atoms with E-state index in [9.17, 15) is 4.79 Å². The number of fused-ring (bicyclic) bond motifs is 1. The number of benzene rings is 1. The number of hydrogen-bond acceptors (Lipinski definition) is 4. The smallest absolute Gasteiger partial charge is 0.293 e. The van der Waals surface area contributed by atoms with Crippen molar-refractivity contribution in [3.05, 3.63) is 45.0 Å². The van der Waals surface area contributed by atoms with E-state index in [-0.39, 0.29) is 11.4 Å². The van der Waals surface area contributed by atoms with Gasteiger partial charge in [0.2, 0.25) is 0 Å². The van der Waals surface area contributed by atoms with Crippen LogP contribution in [0.15, 0.2) is 33.8 Å². The monoisotopic (exact) mass is 347 g/mol. The maximum absolute atomic E-state index is 12.1. The van der Waals surface area contributed by atoms with Crippen LogP contribution >= 0.6 is 15.9 Å². The number of aryl methyl sites for hydroxylation is 3. The van der Waals surface area contributed by atoms with Crippen LogP contribution in [0.4, 0.5) is 11.5 Å². The number of nitrogens with zero attached hydrogens (tertiary/aromatic N) is 4. The molecule has 1 N–H and O–H groups in total. The molecular formula is C14H14BrN5O. The summed E-state index contributed by atoms with van der Waals surface area (Å²) < 4.78 is 3.92. The highest BCUT2D eigenvalue weighted by Gasteiger charge is 2.09. The number of anilines is 2. The lowest BCUT2D eigenvalue weighted by Gasteiger charge is -2.07. The molecule has 0 amide bonds. The van der Waals surface area contributed by atoms with Gasteiger partial charge in [0.1, 0.15) is 4.60 Å². The third kappa shape index (κ3) is 2.44. The van der Waals surface area contributed by atoms with Crippen LogP contribution in [-0.2, 0) is 14.1 Å². The quantitative estimate of drug-likeness (QED) is 0.773. The zero-order valence-corrected chi connectivity index (χ0v) is 13.5. The van der Waals surface area contributed by atoms with Crippen LogP contribution in [0.2, 0.25) is 0 Å². The van der Waals surface area contributed by atoms with E-state index >= 15 is 0 Å². The van der Waals surface area contributed by atoms with Gasteiger partial charge in [-0.15, -0.1) is 0 Å². The summed E-state index contributed by atoms with van der Waals surface area (Å²) in [6.45, 7) is 1.96. The minimum Gasteiger partial charge on any atom is -0.336 e. The highest BCUT2D eigenvalue weighted by Crippen LogP contribution is 2.23. The number of halogens is 1. The second kappa shape index (κ2) is 5.00. The van der Waals surface area contributed by atoms with Crippen molar-refractivity contribution >= 4 is 38.3 Å². The summed E-state index contributed by atoms with van der Waals surface area (Å²) in [5, 5.41) is 8.51. The fourth-order valence-electron chi connectivity index (χ4n) is 2.31. The van der Waals surface area contributed by atoms with Crippen LogP contribution in [0.25, 0.3) is 10.9 Å². The Morgan fingerprint density at radius 1 is 1.29 bits per heavy atom. The van der Waals surface area contributed by atoms with E-state index in [1.54, 1.807) is 13.2 Å². The van der Waals surface area contributed by atoms with Crippen molar-refractivity contribution in [3.63, 3.8) is 0 Å². The van der Waals surface area contributed by atoms with Gasteiger partial charge in [-0.05, 0) is 41.1 Å². The van der Waals surface area contributed by atoms with Crippen molar-refractivity contribution in [2.24, 2.45) is 14.1 Å². The second-order valence-corrected chi connectivity index (χ2v) is 5.71. The minimum atomic E-state index is -0.179. The lowest BCUT2D eigenvalue weighted by atomic mass is 10.2. The summed E-state index contributed by atoms with van der Waals surface area (Å²) in [5.41, 5.74) is 2.63. The summed E-state index contributed by atoms with van der Waals surface area (Å²) in [6.07, 6.45) is 1.63. The average Bonchev–Trinajstić information content (AvgIpc) is 2.70. The fraction of sp³-hybridized carbons (Fsp3) is 0.214. The van der Waals surface area contributed by atoms with Crippen molar-refractivity contribution in [3.8, 4) is 0 Å². The maximum atomic E-state index is 12.1. The number of nitrogens with one attached hydrogen (secondary N) is 1. The first-order chi connectivity index (χ1) is 9.95. The molecule has 21 heavy (non-hydrogen) atoms. The van der Waals surface area contributed by atoms with Crippen LogP contribution in [0.3, 0.4) is 0 Å². The van der Waals surface area contributed by atoms with E-state index in [1.165, 1.54) is 4.57 Å². The topological polar surface area (TPSA) is 64.7 Å². The zero-order valence-electron chi connectivity index (χ0n) is 11.9. The van der Waals surface area contributed by atoms with E-state index in [2.05, 4.69) is 31.3 Å². The Morgan fingerprint density at radius 3 is 2.81 bits per heavy atom. The molecule has 0 atom stereocenters. The molecule has 108 valence electrons. The van der Waals surface area contributed by atoms with Crippen molar-refractivity contribution < 1.29 is 0 Å². The molecule has 2 aromatic heterocycles. The Morgan fingerprint density at radius 2 is 2.05 bits per heavy atom. The van der Waals surface area contributed by atoms with Crippen LogP contribution in [-0.4, -0.2) is 19.3 Å². The molecule has 0 aliphatic heterocycles. The molecule has 3 aromatic rings. The molecule has 0 spiro atoms. The highest BCUT2D eigenvalue weighted by molar-refractivity contribution is 9.10. The van der Waals surface area contributed by atoms with Crippen LogP contribution in [0.5, 0.6) is 0 Å². The van der Waals surface area contributed by atoms with Gasteiger partial charge in [-0.1, -0.05) is 0 Å². The van der Waals surface area contributed by atoms with Gasteiger partial charge in [0.05, 0.1) is 11.2 Å². The molecule has 2 heterocycles. The first-order valence-electron chi connectivity index (χ1n) is 6.39. The van der Waals surface area contributed by atoms with Gasteiger partial charge >= 0.3 is 0 Å². The third-order valence-corrected chi connectivity index (χ3v) is 3.72. The van der Waals surface area contributed by atoms with Crippen molar-refractivity contribution in [2.45, 2.75) is 6.92 Å². The highest BCUT2D eigenvalue weighted by atomic mass is 79.9. The van der Waals surface area contributed by atoms with E-state index in [4.69, 9.17) is 0 Å². The molecule has 3 rings (SSSR count). The maximum Gasteiger partial charge on any atom is 0.293 e. The van der Waals surface area contributed by atoms with E-state index in [1.807, 2.05) is 36.9 Å². The zero-order chi connectivity index (χ0) is 15.1. The number of rotatable bonds is 2. The van der Waals surface area contributed by atoms with Crippen LogP contribution in [0, 0.1) is 6.92 Å². The lowest BCUT2D eigenvalue weighted by molar-refractivity contribution is 0.783. The molecule has 7 heteroatoms. The lowest BCUT2D eigenvalue weighted by Crippen LogP contribution is -2.20. The first kappa shape index (κ1) is 13.8. The second-order valence-electron chi connectivity index (χ2n) is 4.89. The largest absolute Gasteiger partial charge is 0.336 e. The third-order valence-electron chi connectivity index (χ3n) is 3.34. The summed E-state index contributed by atoms with van der Waals surface area (Å²) in [7, 11) is 3.60. The van der Waals surface area contributed by atoms with Gasteiger partial charge in [-0.3, -0.25) is 9.48 Å². The van der Waals surface area contributed by atoms with Gasteiger partial charge in [0, 0.05) is 31.4 Å².